The van der Waals surface area contributed by atoms with Crippen LogP contribution in [0.1, 0.15) is 28.7 Å². The van der Waals surface area contributed by atoms with Gasteiger partial charge in [0.2, 0.25) is 0 Å². The predicted molar refractivity (Wildman–Crippen MR) is 104 cm³/mol. The van der Waals surface area contributed by atoms with Crippen molar-refractivity contribution in [3.63, 3.8) is 0 Å². The second-order valence-electron chi connectivity index (χ2n) is 7.02. The summed E-state index contributed by atoms with van der Waals surface area (Å²) in [4.78, 5) is 14.4. The van der Waals surface area contributed by atoms with E-state index in [0.717, 1.165) is 47.3 Å². The monoisotopic (exact) mass is 349 g/mol. The number of hydrogen-bond donors (Lipinski definition) is 0. The lowest BCUT2D eigenvalue weighted by molar-refractivity contribution is 0.412. The Balaban J connectivity index is 1.82. The minimum atomic E-state index is -0.298. The molecule has 0 saturated heterocycles. The van der Waals surface area contributed by atoms with E-state index in [1.54, 1.807) is 13.2 Å². The van der Waals surface area contributed by atoms with E-state index in [1.165, 1.54) is 11.1 Å². The third-order valence-corrected chi connectivity index (χ3v) is 5.30. The molecule has 0 bridgehead atoms. The fourth-order valence-electron chi connectivity index (χ4n) is 3.84. The average Bonchev–Trinajstić information content (AvgIpc) is 2.63. The zero-order chi connectivity index (χ0) is 18.3. The number of aryl methyl sites for hydroxylation is 3. The molecule has 0 fully saturated rings. The first kappa shape index (κ1) is 16.7. The summed E-state index contributed by atoms with van der Waals surface area (Å²) in [5.74, 6) is 0.890. The van der Waals surface area contributed by atoms with Crippen molar-refractivity contribution in [1.29, 1.82) is 0 Å². The molecule has 0 aliphatic carbocycles. The van der Waals surface area contributed by atoms with Gasteiger partial charge in [-0.2, -0.15) is 0 Å². The van der Waals surface area contributed by atoms with Crippen LogP contribution in [0, 0.1) is 13.8 Å². The topological polar surface area (TPSA) is 42.7 Å². The molecule has 0 saturated carbocycles. The Labute approximate surface area is 153 Å². The molecule has 2 aromatic carbocycles. The summed E-state index contributed by atoms with van der Waals surface area (Å²) < 4.78 is 11.0. The smallest absolute Gasteiger partial charge is 0.336 e. The van der Waals surface area contributed by atoms with Gasteiger partial charge in [-0.15, -0.1) is 0 Å². The van der Waals surface area contributed by atoms with Gasteiger partial charge in [0.15, 0.2) is 0 Å². The van der Waals surface area contributed by atoms with Crippen molar-refractivity contribution >= 4 is 16.7 Å². The first-order valence-electron chi connectivity index (χ1n) is 9.01. The standard InChI is InChI=1S/C22H23NO3/c1-14-10-18-17(12-21(24)26-20(18)11-15(14)2)13-23-9-5-7-16-6-4-8-19(25-3)22(16)23/h4,6,8,10-12H,5,7,9,13H2,1-3H3. The number of hydrogen-bond acceptors (Lipinski definition) is 4. The van der Waals surface area contributed by atoms with Gasteiger partial charge in [0.05, 0.1) is 12.8 Å². The Hall–Kier alpha value is -2.75. The lowest BCUT2D eigenvalue weighted by atomic mass is 9.99. The van der Waals surface area contributed by atoms with Gasteiger partial charge in [-0.3, -0.25) is 0 Å². The summed E-state index contributed by atoms with van der Waals surface area (Å²) in [6, 6.07) is 11.9. The first-order chi connectivity index (χ1) is 12.6. The summed E-state index contributed by atoms with van der Waals surface area (Å²) >= 11 is 0. The molecule has 26 heavy (non-hydrogen) atoms. The van der Waals surface area contributed by atoms with Gasteiger partial charge in [0.1, 0.15) is 11.3 Å². The lowest BCUT2D eigenvalue weighted by Crippen LogP contribution is -2.29. The number of para-hydroxylation sites is 1. The van der Waals surface area contributed by atoms with Gasteiger partial charge in [-0.1, -0.05) is 12.1 Å². The van der Waals surface area contributed by atoms with Crippen LogP contribution < -0.4 is 15.3 Å². The molecule has 1 aliphatic rings. The van der Waals surface area contributed by atoms with Gasteiger partial charge in [-0.05, 0) is 67.1 Å². The molecule has 1 aromatic heterocycles. The van der Waals surface area contributed by atoms with Crippen LogP contribution in [-0.4, -0.2) is 13.7 Å². The van der Waals surface area contributed by atoms with E-state index < -0.39 is 0 Å². The molecule has 0 N–H and O–H groups in total. The molecule has 0 radical (unpaired) electrons. The zero-order valence-electron chi connectivity index (χ0n) is 15.5. The van der Waals surface area contributed by atoms with Crippen molar-refractivity contribution < 1.29 is 9.15 Å². The Morgan fingerprint density at radius 2 is 1.96 bits per heavy atom. The maximum absolute atomic E-state index is 12.1. The summed E-state index contributed by atoms with van der Waals surface area (Å²) in [5.41, 5.74) is 6.13. The van der Waals surface area contributed by atoms with Crippen molar-refractivity contribution in [3.05, 3.63) is 69.1 Å². The van der Waals surface area contributed by atoms with Crippen LogP contribution in [0.25, 0.3) is 11.0 Å². The molecular formula is C22H23NO3. The molecule has 4 rings (SSSR count). The number of ether oxygens (including phenoxy) is 1. The molecule has 1 aliphatic heterocycles. The minimum absolute atomic E-state index is 0.298. The Morgan fingerprint density at radius 1 is 1.15 bits per heavy atom. The van der Waals surface area contributed by atoms with Crippen molar-refractivity contribution in [2.45, 2.75) is 33.2 Å². The second-order valence-corrected chi connectivity index (χ2v) is 7.02. The van der Waals surface area contributed by atoms with Crippen molar-refractivity contribution in [2.75, 3.05) is 18.6 Å². The Kier molecular flexibility index (Phi) is 4.19. The number of anilines is 1. The van der Waals surface area contributed by atoms with Crippen LogP contribution in [0.5, 0.6) is 5.75 Å². The summed E-state index contributed by atoms with van der Waals surface area (Å²) in [6.07, 6.45) is 2.15. The highest BCUT2D eigenvalue weighted by Gasteiger charge is 2.22. The van der Waals surface area contributed by atoms with Gasteiger partial charge >= 0.3 is 5.63 Å². The van der Waals surface area contributed by atoms with E-state index in [4.69, 9.17) is 9.15 Å². The molecule has 0 unspecified atom stereocenters. The third kappa shape index (κ3) is 2.85. The largest absolute Gasteiger partial charge is 0.495 e. The Morgan fingerprint density at radius 3 is 2.77 bits per heavy atom. The van der Waals surface area contributed by atoms with Crippen molar-refractivity contribution in [1.82, 2.24) is 0 Å². The molecule has 0 atom stereocenters. The summed E-state index contributed by atoms with van der Waals surface area (Å²) in [5, 5.41) is 1.01. The van der Waals surface area contributed by atoms with Gasteiger partial charge < -0.3 is 14.1 Å². The second kappa shape index (κ2) is 6.52. The molecule has 4 heteroatoms. The maximum Gasteiger partial charge on any atom is 0.336 e. The van der Waals surface area contributed by atoms with Crippen molar-refractivity contribution in [3.8, 4) is 5.75 Å². The van der Waals surface area contributed by atoms with E-state index in [0.29, 0.717) is 12.1 Å². The molecule has 0 spiro atoms. The minimum Gasteiger partial charge on any atom is -0.495 e. The van der Waals surface area contributed by atoms with E-state index in [2.05, 4.69) is 24.0 Å². The fourth-order valence-corrected chi connectivity index (χ4v) is 3.84. The third-order valence-electron chi connectivity index (χ3n) is 5.30. The van der Waals surface area contributed by atoms with Crippen LogP contribution in [0.4, 0.5) is 5.69 Å². The highest BCUT2D eigenvalue weighted by molar-refractivity contribution is 5.82. The van der Waals surface area contributed by atoms with Gasteiger partial charge in [0, 0.05) is 24.5 Å². The number of benzene rings is 2. The molecule has 134 valence electrons. The highest BCUT2D eigenvalue weighted by Crippen LogP contribution is 2.37. The molecule has 0 amide bonds. The normalized spacial score (nSPS) is 13.7. The molecule has 4 nitrogen and oxygen atoms in total. The van der Waals surface area contributed by atoms with Crippen LogP contribution in [0.3, 0.4) is 0 Å². The lowest BCUT2D eigenvalue weighted by Gasteiger charge is -2.33. The SMILES string of the molecule is COc1cccc2c1N(Cc1cc(=O)oc3cc(C)c(C)cc13)CCC2. The first-order valence-corrected chi connectivity index (χ1v) is 9.01. The van der Waals surface area contributed by atoms with Gasteiger partial charge in [-0.25, -0.2) is 4.79 Å². The number of nitrogens with zero attached hydrogens (tertiary/aromatic N) is 1. The van der Waals surface area contributed by atoms with Crippen LogP contribution >= 0.6 is 0 Å². The average molecular weight is 349 g/mol. The quantitative estimate of drug-likeness (QED) is 0.659. The van der Waals surface area contributed by atoms with Crippen LogP contribution in [0.2, 0.25) is 0 Å². The number of fused-ring (bicyclic) bond motifs is 2. The van der Waals surface area contributed by atoms with Crippen LogP contribution in [0.15, 0.2) is 45.6 Å². The molecular weight excluding hydrogens is 326 g/mol. The Bertz CT molecular complexity index is 1020. The van der Waals surface area contributed by atoms with Crippen LogP contribution in [-0.2, 0) is 13.0 Å². The van der Waals surface area contributed by atoms with E-state index >= 15 is 0 Å². The number of rotatable bonds is 3. The zero-order valence-corrected chi connectivity index (χ0v) is 15.5. The summed E-state index contributed by atoms with van der Waals surface area (Å²) in [7, 11) is 1.71. The molecule has 3 aromatic rings. The van der Waals surface area contributed by atoms with Gasteiger partial charge in [0.25, 0.3) is 0 Å². The van der Waals surface area contributed by atoms with Crippen molar-refractivity contribution in [2.24, 2.45) is 0 Å². The molecule has 2 heterocycles. The highest BCUT2D eigenvalue weighted by atomic mass is 16.5. The maximum atomic E-state index is 12.1. The predicted octanol–water partition coefficient (Wildman–Crippen LogP) is 4.37. The summed E-state index contributed by atoms with van der Waals surface area (Å²) in [6.45, 7) is 5.73. The van der Waals surface area contributed by atoms with E-state index in [9.17, 15) is 4.79 Å². The fraction of sp³-hybridized carbons (Fsp3) is 0.318. The number of methoxy groups -OCH3 is 1. The van der Waals surface area contributed by atoms with E-state index in [1.807, 2.05) is 25.1 Å². The van der Waals surface area contributed by atoms with E-state index in [-0.39, 0.29) is 5.63 Å².